The lowest BCUT2D eigenvalue weighted by Gasteiger charge is -2.39. The average Bonchev–Trinajstić information content (AvgIpc) is 2.91. The highest BCUT2D eigenvalue weighted by Gasteiger charge is 2.46. The molecule has 1 aliphatic heterocycles. The predicted octanol–water partition coefficient (Wildman–Crippen LogP) is 3.94. The standard InChI is InChI=1S/C26H36N2O5.C2H6/c1-5-27(6-2)21-13-9-19(10-14-21)26(31,24(30)25-32-17-23(29)18-33-25)20-11-15-22(16-12-20)28(7-3)8-4;1-2/h9-16,24-25,30-31H,5-8,17-18H2,1-4H3;1-2H3. The summed E-state index contributed by atoms with van der Waals surface area (Å²) in [6, 6.07) is 15.1. The van der Waals surface area contributed by atoms with Crippen LogP contribution in [0.15, 0.2) is 48.5 Å². The Labute approximate surface area is 210 Å². The summed E-state index contributed by atoms with van der Waals surface area (Å²) < 4.78 is 10.9. The Bertz CT molecular complexity index is 827. The van der Waals surface area contributed by atoms with Gasteiger partial charge in [0.1, 0.15) is 24.9 Å². The molecule has 0 saturated carbocycles. The highest BCUT2D eigenvalue weighted by molar-refractivity contribution is 5.81. The molecule has 1 saturated heterocycles. The van der Waals surface area contributed by atoms with E-state index < -0.39 is 18.0 Å². The quantitative estimate of drug-likeness (QED) is 0.526. The van der Waals surface area contributed by atoms with Gasteiger partial charge in [-0.2, -0.15) is 0 Å². The van der Waals surface area contributed by atoms with E-state index in [0.717, 1.165) is 37.6 Å². The van der Waals surface area contributed by atoms with Crippen LogP contribution in [0.3, 0.4) is 0 Å². The summed E-state index contributed by atoms with van der Waals surface area (Å²) in [6.07, 6.45) is -2.57. The molecule has 2 N–H and O–H groups in total. The molecule has 7 nitrogen and oxygen atoms in total. The van der Waals surface area contributed by atoms with Crippen LogP contribution >= 0.6 is 0 Å². The molecule has 1 atom stereocenters. The number of hydrogen-bond donors (Lipinski definition) is 2. The summed E-state index contributed by atoms with van der Waals surface area (Å²) >= 11 is 0. The van der Waals surface area contributed by atoms with Crippen LogP contribution in [0.25, 0.3) is 0 Å². The molecule has 0 radical (unpaired) electrons. The fourth-order valence-corrected chi connectivity index (χ4v) is 4.36. The monoisotopic (exact) mass is 486 g/mol. The Morgan fingerprint density at radius 1 is 0.800 bits per heavy atom. The number of aliphatic hydroxyl groups is 2. The van der Waals surface area contributed by atoms with Gasteiger partial charge in [-0.25, -0.2) is 0 Å². The second kappa shape index (κ2) is 13.6. The molecule has 1 heterocycles. The van der Waals surface area contributed by atoms with Crippen LogP contribution in [-0.4, -0.2) is 67.8 Å². The van der Waals surface area contributed by atoms with Crippen molar-refractivity contribution in [2.45, 2.75) is 59.5 Å². The summed E-state index contributed by atoms with van der Waals surface area (Å²) in [5.41, 5.74) is 1.31. The molecule has 35 heavy (non-hydrogen) atoms. The smallest absolute Gasteiger partial charge is 0.188 e. The molecule has 3 rings (SSSR count). The van der Waals surface area contributed by atoms with E-state index >= 15 is 0 Å². The fourth-order valence-electron chi connectivity index (χ4n) is 4.36. The van der Waals surface area contributed by atoms with E-state index in [4.69, 9.17) is 9.47 Å². The minimum Gasteiger partial charge on any atom is -0.384 e. The maximum atomic E-state index is 12.0. The van der Waals surface area contributed by atoms with Crippen LogP contribution < -0.4 is 9.80 Å². The molecular weight excluding hydrogens is 444 g/mol. The number of ketones is 1. The summed E-state index contributed by atoms with van der Waals surface area (Å²) in [6.45, 7) is 15.5. The second-order valence-corrected chi connectivity index (χ2v) is 8.18. The minimum atomic E-state index is -1.80. The zero-order chi connectivity index (χ0) is 26.0. The molecule has 0 aliphatic carbocycles. The van der Waals surface area contributed by atoms with Crippen LogP contribution in [0.2, 0.25) is 0 Å². The molecule has 0 spiro atoms. The first-order valence-electron chi connectivity index (χ1n) is 12.7. The first-order valence-corrected chi connectivity index (χ1v) is 12.7. The van der Waals surface area contributed by atoms with Gasteiger partial charge in [-0.1, -0.05) is 38.1 Å². The summed E-state index contributed by atoms with van der Waals surface area (Å²) in [5.74, 6) is -0.200. The van der Waals surface area contributed by atoms with Gasteiger partial charge in [-0.15, -0.1) is 0 Å². The zero-order valence-electron chi connectivity index (χ0n) is 22.0. The normalized spacial score (nSPS) is 15.3. The van der Waals surface area contributed by atoms with E-state index in [0.29, 0.717) is 11.1 Å². The Hall–Kier alpha value is -2.45. The third-order valence-corrected chi connectivity index (χ3v) is 6.38. The molecule has 1 aliphatic rings. The molecule has 0 aromatic heterocycles. The van der Waals surface area contributed by atoms with E-state index in [1.54, 1.807) is 0 Å². The van der Waals surface area contributed by atoms with Crippen molar-refractivity contribution in [1.29, 1.82) is 0 Å². The molecule has 0 bridgehead atoms. The van der Waals surface area contributed by atoms with E-state index in [2.05, 4.69) is 37.5 Å². The molecule has 194 valence electrons. The first kappa shape index (κ1) is 28.8. The van der Waals surface area contributed by atoms with E-state index in [-0.39, 0.29) is 19.0 Å². The second-order valence-electron chi connectivity index (χ2n) is 8.18. The van der Waals surface area contributed by atoms with Gasteiger partial charge in [0.05, 0.1) is 0 Å². The SMILES string of the molecule is CC.CCN(CC)c1ccc(C(O)(c2ccc(N(CC)CC)cc2)C(O)C2OCC(=O)CO2)cc1. The number of carbonyl (C=O) groups is 1. The van der Waals surface area contributed by atoms with Crippen molar-refractivity contribution in [1.82, 2.24) is 0 Å². The number of aliphatic hydroxyl groups excluding tert-OH is 1. The maximum Gasteiger partial charge on any atom is 0.188 e. The van der Waals surface area contributed by atoms with Crippen molar-refractivity contribution in [3.63, 3.8) is 0 Å². The first-order chi connectivity index (χ1) is 16.9. The largest absolute Gasteiger partial charge is 0.384 e. The highest BCUT2D eigenvalue weighted by Crippen LogP contribution is 2.37. The van der Waals surface area contributed by atoms with E-state index in [9.17, 15) is 15.0 Å². The number of ether oxygens (including phenoxy) is 2. The van der Waals surface area contributed by atoms with Crippen molar-refractivity contribution in [3.8, 4) is 0 Å². The lowest BCUT2D eigenvalue weighted by atomic mass is 9.81. The molecule has 7 heteroatoms. The van der Waals surface area contributed by atoms with Gasteiger partial charge in [-0.05, 0) is 63.1 Å². The van der Waals surface area contributed by atoms with E-state index in [1.807, 2.05) is 62.4 Å². The number of rotatable bonds is 10. The van der Waals surface area contributed by atoms with Crippen molar-refractivity contribution in [2.75, 3.05) is 49.2 Å². The van der Waals surface area contributed by atoms with Gasteiger partial charge >= 0.3 is 0 Å². The number of nitrogens with zero attached hydrogens (tertiary/aromatic N) is 2. The molecular formula is C28H42N2O5. The van der Waals surface area contributed by atoms with Crippen LogP contribution in [0.5, 0.6) is 0 Å². The van der Waals surface area contributed by atoms with Crippen molar-refractivity contribution in [3.05, 3.63) is 59.7 Å². The van der Waals surface area contributed by atoms with Crippen molar-refractivity contribution in [2.24, 2.45) is 0 Å². The van der Waals surface area contributed by atoms with Gasteiger partial charge in [-0.3, -0.25) is 4.79 Å². The van der Waals surface area contributed by atoms with Crippen LogP contribution in [0.4, 0.5) is 11.4 Å². The summed E-state index contributed by atoms with van der Waals surface area (Å²) in [4.78, 5) is 15.9. The lowest BCUT2D eigenvalue weighted by Crippen LogP contribution is -2.52. The number of benzene rings is 2. The third kappa shape index (κ3) is 6.41. The number of Topliss-reactive ketones (excluding diaryl/α,β-unsaturated/α-hetero) is 1. The summed E-state index contributed by atoms with van der Waals surface area (Å²) in [7, 11) is 0. The molecule has 1 unspecified atom stereocenters. The fraction of sp³-hybridized carbons (Fsp3) is 0.536. The van der Waals surface area contributed by atoms with Crippen LogP contribution in [-0.2, 0) is 19.9 Å². The lowest BCUT2D eigenvalue weighted by molar-refractivity contribution is -0.246. The van der Waals surface area contributed by atoms with Crippen LogP contribution in [0.1, 0.15) is 52.7 Å². The van der Waals surface area contributed by atoms with Gasteiger partial charge in [0.25, 0.3) is 0 Å². The molecule has 2 aromatic rings. The Morgan fingerprint density at radius 2 is 1.14 bits per heavy atom. The number of hydrogen-bond acceptors (Lipinski definition) is 7. The highest BCUT2D eigenvalue weighted by atomic mass is 16.7. The molecule has 1 fully saturated rings. The van der Waals surface area contributed by atoms with Gasteiger partial charge in [0.15, 0.2) is 12.1 Å². The average molecular weight is 487 g/mol. The Morgan fingerprint density at radius 3 is 1.46 bits per heavy atom. The topological polar surface area (TPSA) is 82.5 Å². The Balaban J connectivity index is 0.00000210. The summed E-state index contributed by atoms with van der Waals surface area (Å²) in [5, 5.41) is 23.3. The molecule has 2 aromatic carbocycles. The number of anilines is 2. The maximum absolute atomic E-state index is 12.0. The van der Waals surface area contributed by atoms with Gasteiger partial charge in [0.2, 0.25) is 0 Å². The molecule has 0 amide bonds. The Kier molecular flexibility index (Phi) is 11.2. The van der Waals surface area contributed by atoms with Crippen LogP contribution in [0, 0.1) is 0 Å². The van der Waals surface area contributed by atoms with Crippen molar-refractivity contribution >= 4 is 17.2 Å². The van der Waals surface area contributed by atoms with E-state index in [1.165, 1.54) is 0 Å². The zero-order valence-corrected chi connectivity index (χ0v) is 22.0. The number of carbonyl (C=O) groups excluding carboxylic acids is 1. The third-order valence-electron chi connectivity index (χ3n) is 6.38. The minimum absolute atomic E-state index is 0.153. The van der Waals surface area contributed by atoms with Gasteiger partial charge < -0.3 is 29.5 Å². The van der Waals surface area contributed by atoms with Gasteiger partial charge in [0, 0.05) is 37.6 Å². The van der Waals surface area contributed by atoms with Crippen molar-refractivity contribution < 1.29 is 24.5 Å². The predicted molar refractivity (Wildman–Crippen MR) is 141 cm³/mol.